The highest BCUT2D eigenvalue weighted by molar-refractivity contribution is 6.39. The van der Waals surface area contributed by atoms with E-state index in [0.29, 0.717) is 23.8 Å². The third kappa shape index (κ3) is 4.57. The first-order chi connectivity index (χ1) is 11.0. The summed E-state index contributed by atoms with van der Waals surface area (Å²) < 4.78 is 0. The van der Waals surface area contributed by atoms with Gasteiger partial charge in [-0.2, -0.15) is 0 Å². The first-order valence-corrected chi connectivity index (χ1v) is 7.79. The Morgan fingerprint density at radius 3 is 2.48 bits per heavy atom. The van der Waals surface area contributed by atoms with Crippen molar-refractivity contribution in [2.75, 3.05) is 11.9 Å². The molecule has 4 nitrogen and oxygen atoms in total. The smallest absolute Gasteiger partial charge is 0.313 e. The predicted octanol–water partition coefficient (Wildman–Crippen LogP) is 3.64. The number of amides is 2. The average molecular weight is 331 g/mol. The number of carbonyl (C=O) groups is 2. The summed E-state index contributed by atoms with van der Waals surface area (Å²) in [5.74, 6) is -1.22. The quantitative estimate of drug-likeness (QED) is 0.870. The molecule has 120 valence electrons. The van der Waals surface area contributed by atoms with E-state index in [1.165, 1.54) is 4.90 Å². The Balaban J connectivity index is 2.08. The molecule has 0 spiro atoms. The van der Waals surface area contributed by atoms with Gasteiger partial charge in [-0.1, -0.05) is 48.0 Å². The van der Waals surface area contributed by atoms with Gasteiger partial charge in [0.15, 0.2) is 0 Å². The van der Waals surface area contributed by atoms with E-state index >= 15 is 0 Å². The highest BCUT2D eigenvalue weighted by atomic mass is 35.5. The summed E-state index contributed by atoms with van der Waals surface area (Å²) in [6.07, 6.45) is 0. The van der Waals surface area contributed by atoms with Gasteiger partial charge >= 0.3 is 11.8 Å². The third-order valence-electron chi connectivity index (χ3n) is 3.53. The van der Waals surface area contributed by atoms with Gasteiger partial charge in [0.1, 0.15) is 0 Å². The molecule has 2 amide bonds. The molecule has 2 rings (SSSR count). The van der Waals surface area contributed by atoms with Crippen molar-refractivity contribution in [3.63, 3.8) is 0 Å². The lowest BCUT2D eigenvalue weighted by Crippen LogP contribution is -2.39. The summed E-state index contributed by atoms with van der Waals surface area (Å²) >= 11 is 5.93. The number of nitrogens with one attached hydrogen (secondary N) is 1. The minimum absolute atomic E-state index is 0.401. The maximum absolute atomic E-state index is 12.4. The normalized spacial score (nSPS) is 10.2. The highest BCUT2D eigenvalue weighted by Crippen LogP contribution is 2.20. The summed E-state index contributed by atoms with van der Waals surface area (Å²) in [4.78, 5) is 26.1. The fourth-order valence-electron chi connectivity index (χ4n) is 2.18. The fraction of sp³-hybridized carbons (Fsp3) is 0.222. The Kier molecular flexibility index (Phi) is 5.77. The Morgan fingerprint density at radius 1 is 1.13 bits per heavy atom. The van der Waals surface area contributed by atoms with Crippen LogP contribution in [-0.2, 0) is 16.1 Å². The van der Waals surface area contributed by atoms with Crippen molar-refractivity contribution in [3.8, 4) is 0 Å². The van der Waals surface area contributed by atoms with E-state index in [4.69, 9.17) is 11.6 Å². The van der Waals surface area contributed by atoms with Gasteiger partial charge in [0.2, 0.25) is 0 Å². The molecule has 0 aromatic heterocycles. The molecule has 0 radical (unpaired) electrons. The number of anilines is 1. The van der Waals surface area contributed by atoms with Crippen LogP contribution in [0.5, 0.6) is 0 Å². The number of rotatable bonds is 4. The lowest BCUT2D eigenvalue weighted by molar-refractivity contribution is -0.143. The number of carbonyl (C=O) groups excluding carboxylic acids is 2. The Hall–Kier alpha value is -2.33. The van der Waals surface area contributed by atoms with Gasteiger partial charge in [0.05, 0.1) is 0 Å². The van der Waals surface area contributed by atoms with Crippen LogP contribution in [0.25, 0.3) is 0 Å². The molecule has 0 fully saturated rings. The Morgan fingerprint density at radius 2 is 1.83 bits per heavy atom. The van der Waals surface area contributed by atoms with Crippen LogP contribution < -0.4 is 5.32 Å². The highest BCUT2D eigenvalue weighted by Gasteiger charge is 2.21. The van der Waals surface area contributed by atoms with Gasteiger partial charge in [-0.3, -0.25) is 9.59 Å². The van der Waals surface area contributed by atoms with Gasteiger partial charge in [0.25, 0.3) is 0 Å². The molecule has 2 aromatic carbocycles. The second-order valence-electron chi connectivity index (χ2n) is 5.22. The van der Waals surface area contributed by atoms with Crippen molar-refractivity contribution in [3.05, 3.63) is 64.7 Å². The first-order valence-electron chi connectivity index (χ1n) is 7.41. The maximum Gasteiger partial charge on any atom is 0.313 e. The number of halogens is 1. The lowest BCUT2D eigenvalue weighted by Gasteiger charge is -2.20. The minimum Gasteiger partial charge on any atom is -0.330 e. The summed E-state index contributed by atoms with van der Waals surface area (Å²) in [5.41, 5.74) is 2.38. The SMILES string of the molecule is CCN(Cc1ccccc1)C(=O)C(=O)Nc1cc(Cl)ccc1C. The van der Waals surface area contributed by atoms with E-state index in [-0.39, 0.29) is 0 Å². The van der Waals surface area contributed by atoms with Crippen LogP contribution in [0.1, 0.15) is 18.1 Å². The standard InChI is InChI=1S/C18H19ClN2O2/c1-3-21(12-14-7-5-4-6-8-14)18(23)17(22)20-16-11-15(19)10-9-13(16)2/h4-11H,3,12H2,1-2H3,(H,20,22). The molecule has 0 saturated carbocycles. The van der Waals surface area contributed by atoms with Crippen molar-refractivity contribution in [1.82, 2.24) is 4.90 Å². The molecule has 0 aliphatic heterocycles. The van der Waals surface area contributed by atoms with Gasteiger partial charge in [-0.05, 0) is 37.1 Å². The van der Waals surface area contributed by atoms with Crippen molar-refractivity contribution >= 4 is 29.1 Å². The molecule has 0 aliphatic carbocycles. The van der Waals surface area contributed by atoms with Crippen molar-refractivity contribution < 1.29 is 9.59 Å². The fourth-order valence-corrected chi connectivity index (χ4v) is 2.35. The second-order valence-corrected chi connectivity index (χ2v) is 5.65. The van der Waals surface area contributed by atoms with E-state index in [9.17, 15) is 9.59 Å². The molecule has 1 N–H and O–H groups in total. The van der Waals surface area contributed by atoms with E-state index < -0.39 is 11.8 Å². The molecule has 0 atom stereocenters. The average Bonchev–Trinajstić information content (AvgIpc) is 2.56. The molecule has 0 saturated heterocycles. The molecule has 5 heteroatoms. The van der Waals surface area contributed by atoms with Gasteiger partial charge in [0, 0.05) is 23.8 Å². The summed E-state index contributed by atoms with van der Waals surface area (Å²) in [7, 11) is 0. The van der Waals surface area contributed by atoms with E-state index in [1.54, 1.807) is 18.2 Å². The molecule has 2 aromatic rings. The zero-order valence-corrected chi connectivity index (χ0v) is 13.9. The molecular formula is C18H19ClN2O2. The summed E-state index contributed by atoms with van der Waals surface area (Å²) in [6.45, 7) is 4.55. The molecule has 23 heavy (non-hydrogen) atoms. The molecule has 0 unspecified atom stereocenters. The molecule has 0 aliphatic rings. The number of likely N-dealkylation sites (N-methyl/N-ethyl adjacent to an activating group) is 1. The Bertz CT molecular complexity index is 701. The molecule has 0 heterocycles. The molecular weight excluding hydrogens is 312 g/mol. The van der Waals surface area contributed by atoms with Crippen molar-refractivity contribution in [2.45, 2.75) is 20.4 Å². The summed E-state index contributed by atoms with van der Waals surface area (Å²) in [6, 6.07) is 14.7. The Labute approximate surface area is 141 Å². The van der Waals surface area contributed by atoms with Crippen LogP contribution in [0.4, 0.5) is 5.69 Å². The van der Waals surface area contributed by atoms with Gasteiger partial charge in [-0.25, -0.2) is 0 Å². The van der Waals surface area contributed by atoms with E-state index in [1.807, 2.05) is 44.2 Å². The summed E-state index contributed by atoms with van der Waals surface area (Å²) in [5, 5.41) is 3.15. The van der Waals surface area contributed by atoms with Crippen LogP contribution in [0, 0.1) is 6.92 Å². The van der Waals surface area contributed by atoms with Crippen LogP contribution in [0.3, 0.4) is 0 Å². The van der Waals surface area contributed by atoms with Crippen LogP contribution in [0.2, 0.25) is 5.02 Å². The van der Waals surface area contributed by atoms with Crippen LogP contribution in [0.15, 0.2) is 48.5 Å². The number of benzene rings is 2. The predicted molar refractivity (Wildman–Crippen MR) is 92.4 cm³/mol. The number of hydrogen-bond acceptors (Lipinski definition) is 2. The second kappa shape index (κ2) is 7.79. The lowest BCUT2D eigenvalue weighted by atomic mass is 10.2. The number of hydrogen-bond donors (Lipinski definition) is 1. The third-order valence-corrected chi connectivity index (χ3v) is 3.76. The maximum atomic E-state index is 12.4. The monoisotopic (exact) mass is 330 g/mol. The van der Waals surface area contributed by atoms with E-state index in [2.05, 4.69) is 5.32 Å². The van der Waals surface area contributed by atoms with Crippen molar-refractivity contribution in [1.29, 1.82) is 0 Å². The zero-order chi connectivity index (χ0) is 16.8. The minimum atomic E-state index is -0.659. The largest absolute Gasteiger partial charge is 0.330 e. The topological polar surface area (TPSA) is 49.4 Å². The number of aryl methyl sites for hydroxylation is 1. The van der Waals surface area contributed by atoms with Crippen LogP contribution in [-0.4, -0.2) is 23.3 Å². The van der Waals surface area contributed by atoms with Gasteiger partial charge < -0.3 is 10.2 Å². The van der Waals surface area contributed by atoms with Crippen LogP contribution >= 0.6 is 11.6 Å². The van der Waals surface area contributed by atoms with Gasteiger partial charge in [-0.15, -0.1) is 0 Å². The van der Waals surface area contributed by atoms with Crippen molar-refractivity contribution in [2.24, 2.45) is 0 Å². The first kappa shape index (κ1) is 17.0. The number of nitrogens with zero attached hydrogens (tertiary/aromatic N) is 1. The zero-order valence-electron chi connectivity index (χ0n) is 13.2. The van der Waals surface area contributed by atoms with E-state index in [0.717, 1.165) is 11.1 Å². The molecule has 0 bridgehead atoms.